The molecule has 0 aromatic heterocycles. The van der Waals surface area contributed by atoms with Crippen LogP contribution in [-0.2, 0) is 4.74 Å². The molecule has 0 fully saturated rings. The van der Waals surface area contributed by atoms with Crippen LogP contribution in [0.25, 0.3) is 0 Å². The molecule has 0 aromatic carbocycles. The molecule has 0 spiro atoms. The van der Waals surface area contributed by atoms with E-state index in [0.717, 1.165) is 6.61 Å². The van der Waals surface area contributed by atoms with Crippen LogP contribution in [0.1, 0.15) is 27.7 Å². The highest BCUT2D eigenvalue weighted by molar-refractivity contribution is 5.01. The van der Waals surface area contributed by atoms with Gasteiger partial charge in [-0.3, -0.25) is 0 Å². The summed E-state index contributed by atoms with van der Waals surface area (Å²) in [7, 11) is 0. The third kappa shape index (κ3) is 4.99. The normalized spacial score (nSPS) is 15.7. The maximum atomic E-state index is 5.80. The minimum Gasteiger partial charge on any atom is -0.377 e. The molecular formula is C9H19NO. The van der Waals surface area contributed by atoms with E-state index in [2.05, 4.69) is 0 Å². The predicted molar refractivity (Wildman–Crippen MR) is 48.5 cm³/mol. The van der Waals surface area contributed by atoms with Gasteiger partial charge in [0, 0.05) is 12.6 Å². The van der Waals surface area contributed by atoms with Gasteiger partial charge in [-0.2, -0.15) is 0 Å². The molecule has 66 valence electrons. The Labute approximate surface area is 69.4 Å². The first-order valence-corrected chi connectivity index (χ1v) is 4.10. The van der Waals surface area contributed by atoms with Crippen molar-refractivity contribution in [3.05, 3.63) is 11.6 Å². The van der Waals surface area contributed by atoms with Crippen molar-refractivity contribution in [2.24, 2.45) is 5.73 Å². The lowest BCUT2D eigenvalue weighted by Crippen LogP contribution is -2.32. The summed E-state index contributed by atoms with van der Waals surface area (Å²) < 4.78 is 5.33. The fourth-order valence-corrected chi connectivity index (χ4v) is 0.894. The van der Waals surface area contributed by atoms with E-state index in [0.29, 0.717) is 0 Å². The van der Waals surface area contributed by atoms with Crippen molar-refractivity contribution in [1.29, 1.82) is 0 Å². The van der Waals surface area contributed by atoms with Gasteiger partial charge in [0.2, 0.25) is 0 Å². The first-order chi connectivity index (χ1) is 5.07. The molecule has 0 rings (SSSR count). The molecular weight excluding hydrogens is 138 g/mol. The van der Waals surface area contributed by atoms with Crippen LogP contribution in [0.15, 0.2) is 11.6 Å². The molecule has 0 aromatic rings. The standard InChI is InChI=1S/C9H19NO/c1-5-11-8(4)9(10)6-7(2)3/h6,8-9H,5,10H2,1-4H3. The molecule has 2 atom stereocenters. The van der Waals surface area contributed by atoms with Gasteiger partial charge in [0.05, 0.1) is 6.10 Å². The highest BCUT2D eigenvalue weighted by atomic mass is 16.5. The van der Waals surface area contributed by atoms with E-state index in [1.54, 1.807) is 0 Å². The Morgan fingerprint density at radius 3 is 2.45 bits per heavy atom. The Morgan fingerprint density at radius 1 is 1.55 bits per heavy atom. The lowest BCUT2D eigenvalue weighted by atomic mass is 10.1. The second-order valence-electron chi connectivity index (χ2n) is 2.98. The Morgan fingerprint density at radius 2 is 2.09 bits per heavy atom. The molecule has 0 saturated heterocycles. The average molecular weight is 157 g/mol. The van der Waals surface area contributed by atoms with Crippen LogP contribution < -0.4 is 5.73 Å². The summed E-state index contributed by atoms with van der Waals surface area (Å²) in [5.74, 6) is 0. The lowest BCUT2D eigenvalue weighted by molar-refractivity contribution is 0.0676. The molecule has 2 unspecified atom stereocenters. The zero-order valence-electron chi connectivity index (χ0n) is 7.92. The van der Waals surface area contributed by atoms with E-state index in [-0.39, 0.29) is 12.1 Å². The molecule has 0 saturated carbocycles. The predicted octanol–water partition coefficient (Wildman–Crippen LogP) is 1.70. The van der Waals surface area contributed by atoms with Crippen molar-refractivity contribution < 1.29 is 4.74 Å². The number of hydrogen-bond donors (Lipinski definition) is 1. The topological polar surface area (TPSA) is 35.2 Å². The summed E-state index contributed by atoms with van der Waals surface area (Å²) in [6.45, 7) is 8.78. The van der Waals surface area contributed by atoms with E-state index >= 15 is 0 Å². The van der Waals surface area contributed by atoms with Gasteiger partial charge in [0.1, 0.15) is 0 Å². The van der Waals surface area contributed by atoms with Gasteiger partial charge in [-0.05, 0) is 27.7 Å². The van der Waals surface area contributed by atoms with Gasteiger partial charge >= 0.3 is 0 Å². The minimum absolute atomic E-state index is 0.0277. The monoisotopic (exact) mass is 157 g/mol. The highest BCUT2D eigenvalue weighted by Crippen LogP contribution is 2.00. The number of hydrogen-bond acceptors (Lipinski definition) is 2. The van der Waals surface area contributed by atoms with Gasteiger partial charge in [-0.15, -0.1) is 0 Å². The van der Waals surface area contributed by atoms with Crippen molar-refractivity contribution in [3.8, 4) is 0 Å². The molecule has 2 N–H and O–H groups in total. The van der Waals surface area contributed by atoms with Crippen LogP contribution in [-0.4, -0.2) is 18.8 Å². The summed E-state index contributed by atoms with van der Waals surface area (Å²) in [4.78, 5) is 0. The molecule has 0 amide bonds. The first-order valence-electron chi connectivity index (χ1n) is 4.10. The van der Waals surface area contributed by atoms with Crippen molar-refractivity contribution in [2.45, 2.75) is 39.8 Å². The van der Waals surface area contributed by atoms with Gasteiger partial charge in [0.25, 0.3) is 0 Å². The Kier molecular flexibility index (Phi) is 5.16. The minimum atomic E-state index is 0.0277. The molecule has 0 aliphatic carbocycles. The van der Waals surface area contributed by atoms with Gasteiger partial charge in [-0.1, -0.05) is 11.6 Å². The number of allylic oxidation sites excluding steroid dienone is 1. The third-order valence-electron chi connectivity index (χ3n) is 1.50. The second kappa shape index (κ2) is 5.33. The zero-order chi connectivity index (χ0) is 8.85. The largest absolute Gasteiger partial charge is 0.377 e. The quantitative estimate of drug-likeness (QED) is 0.630. The molecule has 0 heterocycles. The first kappa shape index (κ1) is 10.7. The maximum Gasteiger partial charge on any atom is 0.0733 e. The SMILES string of the molecule is CCOC(C)C(N)C=C(C)C. The molecule has 0 aliphatic rings. The van der Waals surface area contributed by atoms with E-state index in [1.807, 2.05) is 33.8 Å². The van der Waals surface area contributed by atoms with Crippen LogP contribution in [0.3, 0.4) is 0 Å². The summed E-state index contributed by atoms with van der Waals surface area (Å²) in [6.07, 6.45) is 2.15. The van der Waals surface area contributed by atoms with Gasteiger partial charge in [0.15, 0.2) is 0 Å². The molecule has 2 nitrogen and oxygen atoms in total. The molecule has 11 heavy (non-hydrogen) atoms. The smallest absolute Gasteiger partial charge is 0.0733 e. The molecule has 0 radical (unpaired) electrons. The van der Waals surface area contributed by atoms with Gasteiger partial charge in [-0.25, -0.2) is 0 Å². The molecule has 2 heteroatoms. The maximum absolute atomic E-state index is 5.80. The fraction of sp³-hybridized carbons (Fsp3) is 0.778. The lowest BCUT2D eigenvalue weighted by Gasteiger charge is -2.16. The van der Waals surface area contributed by atoms with Crippen LogP contribution >= 0.6 is 0 Å². The van der Waals surface area contributed by atoms with Crippen molar-refractivity contribution >= 4 is 0 Å². The third-order valence-corrected chi connectivity index (χ3v) is 1.50. The zero-order valence-corrected chi connectivity index (χ0v) is 7.92. The Hall–Kier alpha value is -0.340. The van der Waals surface area contributed by atoms with E-state index < -0.39 is 0 Å². The fourth-order valence-electron chi connectivity index (χ4n) is 0.894. The van der Waals surface area contributed by atoms with Crippen LogP contribution in [0, 0.1) is 0 Å². The van der Waals surface area contributed by atoms with E-state index in [4.69, 9.17) is 10.5 Å². The Balaban J connectivity index is 3.82. The summed E-state index contributed by atoms with van der Waals surface area (Å²) in [6, 6.07) is 0.0277. The number of nitrogens with two attached hydrogens (primary N) is 1. The van der Waals surface area contributed by atoms with Crippen LogP contribution in [0.5, 0.6) is 0 Å². The van der Waals surface area contributed by atoms with Crippen LogP contribution in [0.2, 0.25) is 0 Å². The highest BCUT2D eigenvalue weighted by Gasteiger charge is 2.08. The number of rotatable bonds is 4. The summed E-state index contributed by atoms with van der Waals surface area (Å²) >= 11 is 0. The number of ether oxygens (including phenoxy) is 1. The van der Waals surface area contributed by atoms with E-state index in [1.165, 1.54) is 5.57 Å². The molecule has 0 bridgehead atoms. The average Bonchev–Trinajstić information content (AvgIpc) is 1.86. The van der Waals surface area contributed by atoms with Gasteiger partial charge < -0.3 is 10.5 Å². The van der Waals surface area contributed by atoms with Crippen molar-refractivity contribution in [3.63, 3.8) is 0 Å². The summed E-state index contributed by atoms with van der Waals surface area (Å²) in [5.41, 5.74) is 7.04. The molecule has 0 aliphatic heterocycles. The van der Waals surface area contributed by atoms with Crippen LogP contribution in [0.4, 0.5) is 0 Å². The van der Waals surface area contributed by atoms with Crippen molar-refractivity contribution in [1.82, 2.24) is 0 Å². The van der Waals surface area contributed by atoms with Crippen molar-refractivity contribution in [2.75, 3.05) is 6.61 Å². The Bertz CT molecular complexity index is 128. The second-order valence-corrected chi connectivity index (χ2v) is 2.98. The van der Waals surface area contributed by atoms with E-state index in [9.17, 15) is 0 Å². The summed E-state index contributed by atoms with van der Waals surface area (Å²) in [5, 5.41) is 0.